The van der Waals surface area contributed by atoms with Crippen molar-refractivity contribution in [3.05, 3.63) is 35.9 Å². The Bertz CT molecular complexity index is 832. The summed E-state index contributed by atoms with van der Waals surface area (Å²) >= 11 is 0. The zero-order valence-electron chi connectivity index (χ0n) is 18.7. The third kappa shape index (κ3) is 2.99. The number of hydrogen-bond acceptors (Lipinski definition) is 3. The Morgan fingerprint density at radius 3 is 2.57 bits per heavy atom. The molecule has 162 valence electrons. The number of ether oxygens (including phenoxy) is 1. The van der Waals surface area contributed by atoms with Crippen LogP contribution in [0.1, 0.15) is 82.5 Å². The van der Waals surface area contributed by atoms with Crippen molar-refractivity contribution in [2.24, 2.45) is 40.4 Å². The number of carbonyl (C=O) groups excluding carboxylic acids is 2. The molecule has 4 fully saturated rings. The standard InChI is InChI=1S/C27H36O3/c1-17-16-27(3)19(15-23(17)30-25(29)18-7-5-4-6-8-18)9-10-20-21-11-12-24(28)26(21,2)14-13-22(20)27/h4-8,17,19-23H,9-16H2,1-3H3/t17-,19-,20-,21-,22-,23-,26+,27+/m1/s1. The monoisotopic (exact) mass is 408 g/mol. The van der Waals surface area contributed by atoms with E-state index < -0.39 is 0 Å². The van der Waals surface area contributed by atoms with Crippen molar-refractivity contribution >= 4 is 11.8 Å². The number of rotatable bonds is 2. The highest BCUT2D eigenvalue weighted by molar-refractivity contribution is 5.89. The highest BCUT2D eigenvalue weighted by Gasteiger charge is 2.61. The molecule has 3 nitrogen and oxygen atoms in total. The molecule has 5 rings (SSSR count). The molecule has 0 N–H and O–H groups in total. The van der Waals surface area contributed by atoms with Crippen molar-refractivity contribution in [2.45, 2.75) is 78.2 Å². The van der Waals surface area contributed by atoms with Gasteiger partial charge in [-0.3, -0.25) is 4.79 Å². The number of esters is 1. The first-order valence-corrected chi connectivity index (χ1v) is 12.1. The van der Waals surface area contributed by atoms with Crippen molar-refractivity contribution in [3.8, 4) is 0 Å². The maximum Gasteiger partial charge on any atom is 0.338 e. The zero-order chi connectivity index (χ0) is 21.1. The first kappa shape index (κ1) is 20.3. The molecule has 0 amide bonds. The second kappa shape index (κ2) is 7.21. The lowest BCUT2D eigenvalue weighted by Gasteiger charge is -2.61. The Kier molecular flexibility index (Phi) is 4.87. The minimum Gasteiger partial charge on any atom is -0.458 e. The fourth-order valence-electron chi connectivity index (χ4n) is 8.29. The van der Waals surface area contributed by atoms with Gasteiger partial charge in [-0.15, -0.1) is 0 Å². The van der Waals surface area contributed by atoms with Crippen LogP contribution in [0.4, 0.5) is 0 Å². The minimum absolute atomic E-state index is 0.0224. The van der Waals surface area contributed by atoms with E-state index >= 15 is 0 Å². The molecule has 3 heteroatoms. The second-order valence-corrected chi connectivity index (χ2v) is 11.3. The van der Waals surface area contributed by atoms with Crippen molar-refractivity contribution in [3.63, 3.8) is 0 Å². The normalized spacial score (nSPS) is 45.2. The molecule has 4 aliphatic rings. The second-order valence-electron chi connectivity index (χ2n) is 11.3. The van der Waals surface area contributed by atoms with Gasteiger partial charge in [0.15, 0.2) is 0 Å². The molecule has 0 aliphatic heterocycles. The third-order valence-corrected chi connectivity index (χ3v) is 9.96. The molecule has 0 radical (unpaired) electrons. The molecule has 0 heterocycles. The highest BCUT2D eigenvalue weighted by Crippen LogP contribution is 2.66. The first-order valence-electron chi connectivity index (χ1n) is 12.1. The molecule has 8 atom stereocenters. The smallest absolute Gasteiger partial charge is 0.338 e. The van der Waals surface area contributed by atoms with Crippen LogP contribution in [0.15, 0.2) is 30.3 Å². The van der Waals surface area contributed by atoms with Crippen LogP contribution in [0.2, 0.25) is 0 Å². The molecule has 0 unspecified atom stereocenters. The van der Waals surface area contributed by atoms with E-state index in [4.69, 9.17) is 4.74 Å². The summed E-state index contributed by atoms with van der Waals surface area (Å²) in [6, 6.07) is 9.39. The fraction of sp³-hybridized carbons (Fsp3) is 0.704. The van der Waals surface area contributed by atoms with E-state index in [9.17, 15) is 9.59 Å². The van der Waals surface area contributed by atoms with Crippen molar-refractivity contribution < 1.29 is 14.3 Å². The zero-order valence-corrected chi connectivity index (χ0v) is 18.7. The summed E-state index contributed by atoms with van der Waals surface area (Å²) in [6.07, 6.45) is 8.86. The number of hydrogen-bond donors (Lipinski definition) is 0. The van der Waals surface area contributed by atoms with Crippen LogP contribution >= 0.6 is 0 Å². The van der Waals surface area contributed by atoms with Gasteiger partial charge >= 0.3 is 5.97 Å². The summed E-state index contributed by atoms with van der Waals surface area (Å²) in [4.78, 5) is 25.3. The Morgan fingerprint density at radius 1 is 1.03 bits per heavy atom. The molecule has 4 aliphatic carbocycles. The lowest BCUT2D eigenvalue weighted by molar-refractivity contribution is -0.148. The van der Waals surface area contributed by atoms with Crippen LogP contribution in [-0.2, 0) is 9.53 Å². The van der Waals surface area contributed by atoms with Crippen molar-refractivity contribution in [1.29, 1.82) is 0 Å². The van der Waals surface area contributed by atoms with Gasteiger partial charge in [-0.1, -0.05) is 39.0 Å². The number of Topliss-reactive ketones (excluding diaryl/α,β-unsaturated/α-hetero) is 1. The van der Waals surface area contributed by atoms with Gasteiger partial charge in [0.25, 0.3) is 0 Å². The molecule has 0 bridgehead atoms. The molecule has 0 aromatic heterocycles. The van der Waals surface area contributed by atoms with Gasteiger partial charge in [-0.25, -0.2) is 4.79 Å². The van der Waals surface area contributed by atoms with E-state index in [1.807, 2.05) is 30.3 Å². The van der Waals surface area contributed by atoms with Gasteiger partial charge in [0.2, 0.25) is 0 Å². The lowest BCUT2D eigenvalue weighted by Crippen LogP contribution is -2.55. The predicted molar refractivity (Wildman–Crippen MR) is 117 cm³/mol. The highest BCUT2D eigenvalue weighted by atomic mass is 16.5. The number of benzene rings is 1. The van der Waals surface area contributed by atoms with Crippen LogP contribution in [-0.4, -0.2) is 17.9 Å². The van der Waals surface area contributed by atoms with Crippen LogP contribution in [0.5, 0.6) is 0 Å². The fourth-order valence-corrected chi connectivity index (χ4v) is 8.29. The van der Waals surface area contributed by atoms with E-state index in [0.717, 1.165) is 38.0 Å². The molecule has 1 aromatic rings. The summed E-state index contributed by atoms with van der Waals surface area (Å²) in [5.41, 5.74) is 0.933. The number of fused-ring (bicyclic) bond motifs is 5. The molecular formula is C27H36O3. The molecule has 30 heavy (non-hydrogen) atoms. The number of ketones is 1. The Hall–Kier alpha value is -1.64. The van der Waals surface area contributed by atoms with E-state index in [2.05, 4.69) is 20.8 Å². The molecule has 0 spiro atoms. The minimum atomic E-state index is -0.178. The van der Waals surface area contributed by atoms with Gasteiger partial charge < -0.3 is 4.74 Å². The molecular weight excluding hydrogens is 372 g/mol. The summed E-state index contributed by atoms with van der Waals surface area (Å²) in [5, 5.41) is 0. The molecule has 0 saturated heterocycles. The average molecular weight is 409 g/mol. The third-order valence-electron chi connectivity index (χ3n) is 9.96. The van der Waals surface area contributed by atoms with Crippen LogP contribution < -0.4 is 0 Å². The number of carbonyl (C=O) groups is 2. The summed E-state index contributed by atoms with van der Waals surface area (Å²) < 4.78 is 6.04. The average Bonchev–Trinajstić information content (AvgIpc) is 3.04. The van der Waals surface area contributed by atoms with E-state index in [1.165, 1.54) is 19.3 Å². The van der Waals surface area contributed by atoms with Gasteiger partial charge in [-0.05, 0) is 92.1 Å². The van der Waals surface area contributed by atoms with Crippen LogP contribution in [0.25, 0.3) is 0 Å². The quantitative estimate of drug-likeness (QED) is 0.558. The Morgan fingerprint density at radius 2 is 1.80 bits per heavy atom. The predicted octanol–water partition coefficient (Wildman–Crippen LogP) is 6.07. The lowest BCUT2D eigenvalue weighted by atomic mass is 9.44. The van der Waals surface area contributed by atoms with E-state index in [1.54, 1.807) is 0 Å². The summed E-state index contributed by atoms with van der Waals surface area (Å²) in [6.45, 7) is 7.07. The molecule has 1 aromatic carbocycles. The van der Waals surface area contributed by atoms with E-state index in [0.29, 0.717) is 40.4 Å². The molecule has 4 saturated carbocycles. The van der Waals surface area contributed by atoms with Gasteiger partial charge in [0.05, 0.1) is 5.56 Å². The van der Waals surface area contributed by atoms with Crippen LogP contribution in [0, 0.1) is 40.4 Å². The van der Waals surface area contributed by atoms with Crippen LogP contribution in [0.3, 0.4) is 0 Å². The maximum atomic E-state index is 12.7. The van der Waals surface area contributed by atoms with Crippen molar-refractivity contribution in [2.75, 3.05) is 0 Å². The summed E-state index contributed by atoms with van der Waals surface area (Å²) in [5.74, 6) is 3.41. The van der Waals surface area contributed by atoms with E-state index in [-0.39, 0.29) is 17.5 Å². The van der Waals surface area contributed by atoms with Gasteiger partial charge in [-0.2, -0.15) is 0 Å². The Labute approximate surface area is 181 Å². The largest absolute Gasteiger partial charge is 0.458 e. The Balaban J connectivity index is 1.33. The maximum absolute atomic E-state index is 12.7. The van der Waals surface area contributed by atoms with Gasteiger partial charge in [0.1, 0.15) is 11.9 Å². The SMILES string of the molecule is C[C@@H]1C[C@@]2(C)[C@H](CC[C@H]3[C@H]2CC[C@]2(C)C(=O)CC[C@H]32)C[C@H]1OC(=O)c1ccccc1. The topological polar surface area (TPSA) is 43.4 Å². The van der Waals surface area contributed by atoms with Gasteiger partial charge in [0, 0.05) is 11.8 Å². The van der Waals surface area contributed by atoms with Crippen molar-refractivity contribution in [1.82, 2.24) is 0 Å². The first-order chi connectivity index (χ1) is 14.3. The summed E-state index contributed by atoms with van der Waals surface area (Å²) in [7, 11) is 0.